The maximum absolute atomic E-state index is 9.75. The van der Waals surface area contributed by atoms with Gasteiger partial charge in [-0.05, 0) is 31.7 Å². The molecule has 2 rings (SSSR count). The molecule has 1 heterocycles. The molecule has 1 saturated carbocycles. The zero-order valence-corrected chi connectivity index (χ0v) is 10.8. The minimum absolute atomic E-state index is 0.454. The van der Waals surface area contributed by atoms with E-state index in [1.807, 2.05) is 12.1 Å². The van der Waals surface area contributed by atoms with Gasteiger partial charge in [0.1, 0.15) is 5.82 Å². The van der Waals surface area contributed by atoms with Gasteiger partial charge in [0.2, 0.25) is 0 Å². The molecular weight excluding hydrogens is 212 g/mol. The average molecular weight is 234 g/mol. The van der Waals surface area contributed by atoms with Gasteiger partial charge in [-0.2, -0.15) is 0 Å². The zero-order valence-electron chi connectivity index (χ0n) is 10.8. The third kappa shape index (κ3) is 2.97. The number of aliphatic hydroxyl groups is 1. The first-order valence-electron chi connectivity index (χ1n) is 6.52. The first kappa shape index (κ1) is 12.4. The van der Waals surface area contributed by atoms with Crippen LogP contribution in [0.25, 0.3) is 0 Å². The fourth-order valence-corrected chi connectivity index (χ4v) is 2.72. The van der Waals surface area contributed by atoms with Crippen molar-refractivity contribution in [3.05, 3.63) is 23.9 Å². The maximum Gasteiger partial charge on any atom is 0.134 e. The fraction of sp³-hybridized carbons (Fsp3) is 0.643. The highest BCUT2D eigenvalue weighted by atomic mass is 16.3. The van der Waals surface area contributed by atoms with Gasteiger partial charge < -0.3 is 10.0 Å². The zero-order chi connectivity index (χ0) is 12.3. The van der Waals surface area contributed by atoms with Crippen LogP contribution in [0.5, 0.6) is 0 Å². The molecule has 17 heavy (non-hydrogen) atoms. The summed E-state index contributed by atoms with van der Waals surface area (Å²) < 4.78 is 0. The Morgan fingerprint density at radius 3 is 2.82 bits per heavy atom. The van der Waals surface area contributed by atoms with E-state index in [4.69, 9.17) is 0 Å². The van der Waals surface area contributed by atoms with Crippen molar-refractivity contribution in [1.29, 1.82) is 0 Å². The van der Waals surface area contributed by atoms with Gasteiger partial charge in [0.05, 0.1) is 6.10 Å². The van der Waals surface area contributed by atoms with Crippen LogP contribution in [0.3, 0.4) is 0 Å². The summed E-state index contributed by atoms with van der Waals surface area (Å²) >= 11 is 0. The van der Waals surface area contributed by atoms with Crippen molar-refractivity contribution in [1.82, 2.24) is 4.98 Å². The summed E-state index contributed by atoms with van der Waals surface area (Å²) in [6.07, 6.45) is 6.74. The number of aliphatic hydroxyl groups excluding tert-OH is 1. The predicted octanol–water partition coefficient (Wildman–Crippen LogP) is 2.76. The first-order chi connectivity index (χ1) is 8.18. The van der Waals surface area contributed by atoms with E-state index in [0.717, 1.165) is 23.8 Å². The maximum atomic E-state index is 9.75. The van der Waals surface area contributed by atoms with Crippen molar-refractivity contribution in [2.75, 3.05) is 18.5 Å². The molecule has 1 fully saturated rings. The normalized spacial score (nSPS) is 18.3. The Bertz CT molecular complexity index is 359. The van der Waals surface area contributed by atoms with Gasteiger partial charge in [0.25, 0.3) is 0 Å². The predicted molar refractivity (Wildman–Crippen MR) is 70.1 cm³/mol. The van der Waals surface area contributed by atoms with Crippen LogP contribution in [0.1, 0.15) is 44.3 Å². The van der Waals surface area contributed by atoms with Crippen LogP contribution >= 0.6 is 0 Å². The van der Waals surface area contributed by atoms with Gasteiger partial charge in [-0.3, -0.25) is 0 Å². The number of nitrogens with zero attached hydrogens (tertiary/aromatic N) is 2. The van der Waals surface area contributed by atoms with Gasteiger partial charge in [-0.1, -0.05) is 18.9 Å². The third-order valence-electron chi connectivity index (χ3n) is 3.64. The van der Waals surface area contributed by atoms with E-state index in [9.17, 15) is 5.11 Å². The number of anilines is 1. The molecule has 0 bridgehead atoms. The average Bonchev–Trinajstić information content (AvgIpc) is 2.81. The van der Waals surface area contributed by atoms with E-state index in [1.165, 1.54) is 25.7 Å². The topological polar surface area (TPSA) is 36.4 Å². The molecule has 1 aromatic heterocycles. The number of hydrogen-bond acceptors (Lipinski definition) is 3. The standard InChI is InChI=1S/C14H22N2O/c1-11(17)13-8-5-9-15-14(13)16(2)10-12-6-3-4-7-12/h5,8-9,11-12,17H,3-4,6-7,10H2,1-2H3. The van der Waals surface area contributed by atoms with Crippen molar-refractivity contribution >= 4 is 5.82 Å². The van der Waals surface area contributed by atoms with E-state index in [2.05, 4.69) is 16.9 Å². The van der Waals surface area contributed by atoms with Crippen molar-refractivity contribution in [2.45, 2.75) is 38.7 Å². The van der Waals surface area contributed by atoms with Crippen LogP contribution in [0.4, 0.5) is 5.82 Å². The number of aromatic nitrogens is 1. The highest BCUT2D eigenvalue weighted by Gasteiger charge is 2.19. The minimum Gasteiger partial charge on any atom is -0.389 e. The lowest BCUT2D eigenvalue weighted by molar-refractivity contribution is 0.199. The molecule has 1 N–H and O–H groups in total. The van der Waals surface area contributed by atoms with E-state index in [0.29, 0.717) is 0 Å². The van der Waals surface area contributed by atoms with Crippen LogP contribution in [0, 0.1) is 5.92 Å². The first-order valence-corrected chi connectivity index (χ1v) is 6.52. The largest absolute Gasteiger partial charge is 0.389 e. The number of pyridine rings is 1. The Morgan fingerprint density at radius 2 is 2.18 bits per heavy atom. The van der Waals surface area contributed by atoms with Crippen LogP contribution in [-0.4, -0.2) is 23.7 Å². The van der Waals surface area contributed by atoms with E-state index < -0.39 is 6.10 Å². The Hall–Kier alpha value is -1.09. The third-order valence-corrected chi connectivity index (χ3v) is 3.64. The second-order valence-electron chi connectivity index (χ2n) is 5.12. The van der Waals surface area contributed by atoms with Crippen molar-refractivity contribution in [3.63, 3.8) is 0 Å². The molecular formula is C14H22N2O. The Kier molecular flexibility index (Phi) is 4.00. The molecule has 0 amide bonds. The molecule has 0 aromatic carbocycles. The molecule has 1 aliphatic carbocycles. The molecule has 0 spiro atoms. The minimum atomic E-state index is -0.454. The smallest absolute Gasteiger partial charge is 0.134 e. The Labute approximate surface area is 103 Å². The summed E-state index contributed by atoms with van der Waals surface area (Å²) in [7, 11) is 2.08. The molecule has 1 aromatic rings. The van der Waals surface area contributed by atoms with Crippen LogP contribution in [-0.2, 0) is 0 Å². The molecule has 3 heteroatoms. The summed E-state index contributed by atoms with van der Waals surface area (Å²) in [6.45, 7) is 2.85. The molecule has 0 aliphatic heterocycles. The number of hydrogen-bond donors (Lipinski definition) is 1. The van der Waals surface area contributed by atoms with Gasteiger partial charge in [-0.15, -0.1) is 0 Å². The van der Waals surface area contributed by atoms with Gasteiger partial charge >= 0.3 is 0 Å². The highest BCUT2D eigenvalue weighted by Crippen LogP contribution is 2.28. The van der Waals surface area contributed by atoms with Crippen molar-refractivity contribution in [2.24, 2.45) is 5.92 Å². The highest BCUT2D eigenvalue weighted by molar-refractivity contribution is 5.47. The molecule has 94 valence electrons. The molecule has 1 aliphatic rings. The quantitative estimate of drug-likeness (QED) is 0.870. The van der Waals surface area contributed by atoms with Crippen molar-refractivity contribution < 1.29 is 5.11 Å². The van der Waals surface area contributed by atoms with E-state index in [1.54, 1.807) is 13.1 Å². The summed E-state index contributed by atoms with van der Waals surface area (Å²) in [5.41, 5.74) is 0.924. The molecule has 1 unspecified atom stereocenters. The summed E-state index contributed by atoms with van der Waals surface area (Å²) in [5.74, 6) is 1.72. The van der Waals surface area contributed by atoms with E-state index >= 15 is 0 Å². The fourth-order valence-electron chi connectivity index (χ4n) is 2.72. The molecule has 1 atom stereocenters. The summed E-state index contributed by atoms with van der Waals surface area (Å²) in [4.78, 5) is 6.60. The van der Waals surface area contributed by atoms with Crippen molar-refractivity contribution in [3.8, 4) is 0 Å². The summed E-state index contributed by atoms with van der Waals surface area (Å²) in [5, 5.41) is 9.75. The van der Waals surface area contributed by atoms with E-state index in [-0.39, 0.29) is 0 Å². The van der Waals surface area contributed by atoms with Crippen LogP contribution < -0.4 is 4.90 Å². The second kappa shape index (κ2) is 5.50. The van der Waals surface area contributed by atoms with Gasteiger partial charge in [-0.25, -0.2) is 4.98 Å². The Balaban J connectivity index is 2.09. The lowest BCUT2D eigenvalue weighted by Gasteiger charge is -2.25. The molecule has 0 radical (unpaired) electrons. The van der Waals surface area contributed by atoms with Crippen LogP contribution in [0.2, 0.25) is 0 Å². The lowest BCUT2D eigenvalue weighted by Crippen LogP contribution is -2.26. The molecule has 0 saturated heterocycles. The Morgan fingerprint density at radius 1 is 1.47 bits per heavy atom. The monoisotopic (exact) mass is 234 g/mol. The second-order valence-corrected chi connectivity index (χ2v) is 5.12. The number of rotatable bonds is 4. The van der Waals surface area contributed by atoms with Gasteiger partial charge in [0, 0.05) is 25.4 Å². The SMILES string of the molecule is CC(O)c1cccnc1N(C)CC1CCCC1. The van der Waals surface area contributed by atoms with Gasteiger partial charge in [0.15, 0.2) is 0 Å². The summed E-state index contributed by atoms with van der Waals surface area (Å²) in [6, 6.07) is 3.84. The lowest BCUT2D eigenvalue weighted by atomic mass is 10.1. The van der Waals surface area contributed by atoms with Crippen LogP contribution in [0.15, 0.2) is 18.3 Å². The molecule has 3 nitrogen and oxygen atoms in total.